The molecule has 1 rings (SSSR count). The normalized spacial score (nSPS) is 29.5. The smallest absolute Gasteiger partial charge is 0.0237 e. The Morgan fingerprint density at radius 3 is 2.50 bits per heavy atom. The summed E-state index contributed by atoms with van der Waals surface area (Å²) in [5.74, 6) is 0.784. The van der Waals surface area contributed by atoms with Gasteiger partial charge >= 0.3 is 0 Å². The van der Waals surface area contributed by atoms with Gasteiger partial charge < -0.3 is 5.32 Å². The van der Waals surface area contributed by atoms with Gasteiger partial charge in [-0.3, -0.25) is 0 Å². The van der Waals surface area contributed by atoms with E-state index in [1.807, 2.05) is 0 Å². The largest absolute Gasteiger partial charge is 0.312 e. The molecule has 0 aromatic carbocycles. The Balaban J connectivity index is 2.66. The molecule has 3 atom stereocenters. The molecule has 1 N–H and O–H groups in total. The fourth-order valence-electron chi connectivity index (χ4n) is 2.87. The van der Waals surface area contributed by atoms with E-state index in [1.165, 1.54) is 32.2 Å². The van der Waals surface area contributed by atoms with E-state index in [0.29, 0.717) is 11.5 Å². The van der Waals surface area contributed by atoms with Crippen LogP contribution in [0.25, 0.3) is 0 Å². The summed E-state index contributed by atoms with van der Waals surface area (Å²) in [5.41, 5.74) is 0.460. The molecule has 0 amide bonds. The number of thioether (sulfide) groups is 1. The van der Waals surface area contributed by atoms with Gasteiger partial charge in [-0.05, 0) is 37.1 Å². The molecule has 0 radical (unpaired) electrons. The van der Waals surface area contributed by atoms with Gasteiger partial charge in [-0.2, -0.15) is 11.8 Å². The standard InChI is InChI=1S/C16H33NS/c1-7-11-17-15-14(18-13(4)12(2)3)9-8-10-16(15,5)6/h12-15,17H,7-11H2,1-6H3. The molecule has 0 spiro atoms. The first-order valence-electron chi connectivity index (χ1n) is 7.77. The Bertz CT molecular complexity index is 237. The summed E-state index contributed by atoms with van der Waals surface area (Å²) in [4.78, 5) is 0. The van der Waals surface area contributed by atoms with Gasteiger partial charge in [0.05, 0.1) is 0 Å². The monoisotopic (exact) mass is 271 g/mol. The van der Waals surface area contributed by atoms with Crippen LogP contribution in [0.2, 0.25) is 0 Å². The Morgan fingerprint density at radius 2 is 1.94 bits per heavy atom. The third-order valence-electron chi connectivity index (χ3n) is 4.47. The average molecular weight is 272 g/mol. The van der Waals surface area contributed by atoms with Crippen LogP contribution in [0.4, 0.5) is 0 Å². The van der Waals surface area contributed by atoms with Crippen molar-refractivity contribution in [2.75, 3.05) is 6.54 Å². The van der Waals surface area contributed by atoms with Crippen molar-refractivity contribution in [2.45, 2.75) is 83.8 Å². The quantitative estimate of drug-likeness (QED) is 0.751. The van der Waals surface area contributed by atoms with Crippen LogP contribution in [0, 0.1) is 11.3 Å². The number of rotatable bonds is 6. The molecule has 0 aromatic heterocycles. The predicted molar refractivity (Wildman–Crippen MR) is 85.4 cm³/mol. The lowest BCUT2D eigenvalue weighted by atomic mass is 9.73. The van der Waals surface area contributed by atoms with Crippen molar-refractivity contribution >= 4 is 11.8 Å². The number of nitrogens with one attached hydrogen (secondary N) is 1. The maximum Gasteiger partial charge on any atom is 0.0237 e. The average Bonchev–Trinajstić information content (AvgIpc) is 2.27. The maximum atomic E-state index is 3.84. The minimum atomic E-state index is 0.460. The SMILES string of the molecule is CCCNC1C(SC(C)C(C)C)CCCC1(C)C. The van der Waals surface area contributed by atoms with Crippen LogP contribution in [0.1, 0.15) is 67.2 Å². The van der Waals surface area contributed by atoms with E-state index in [1.54, 1.807) is 0 Å². The molecule has 0 aromatic rings. The topological polar surface area (TPSA) is 12.0 Å². The van der Waals surface area contributed by atoms with Crippen molar-refractivity contribution in [3.05, 3.63) is 0 Å². The second-order valence-corrected chi connectivity index (χ2v) is 8.56. The van der Waals surface area contributed by atoms with E-state index >= 15 is 0 Å². The van der Waals surface area contributed by atoms with Gasteiger partial charge in [0.2, 0.25) is 0 Å². The highest BCUT2D eigenvalue weighted by atomic mass is 32.2. The lowest BCUT2D eigenvalue weighted by Gasteiger charge is -2.45. The molecule has 0 saturated heterocycles. The van der Waals surface area contributed by atoms with Gasteiger partial charge in [-0.15, -0.1) is 0 Å². The summed E-state index contributed by atoms with van der Waals surface area (Å²) < 4.78 is 0. The molecular weight excluding hydrogens is 238 g/mol. The highest BCUT2D eigenvalue weighted by Gasteiger charge is 2.39. The Hall–Kier alpha value is 0.310. The van der Waals surface area contributed by atoms with E-state index in [4.69, 9.17) is 0 Å². The van der Waals surface area contributed by atoms with Crippen LogP contribution < -0.4 is 5.32 Å². The van der Waals surface area contributed by atoms with Crippen LogP contribution >= 0.6 is 11.8 Å². The molecule has 0 heterocycles. The lowest BCUT2D eigenvalue weighted by molar-refractivity contribution is 0.174. The Labute approximate surface area is 119 Å². The zero-order chi connectivity index (χ0) is 13.8. The molecular formula is C16H33NS. The van der Waals surface area contributed by atoms with Crippen LogP contribution in [0.5, 0.6) is 0 Å². The zero-order valence-electron chi connectivity index (χ0n) is 13.3. The second kappa shape index (κ2) is 7.19. The molecule has 1 aliphatic carbocycles. The van der Waals surface area contributed by atoms with Gasteiger partial charge in [0, 0.05) is 16.5 Å². The van der Waals surface area contributed by atoms with Crippen LogP contribution in [-0.4, -0.2) is 23.1 Å². The molecule has 2 heteroatoms. The van der Waals surface area contributed by atoms with Crippen molar-refractivity contribution < 1.29 is 0 Å². The van der Waals surface area contributed by atoms with Crippen LogP contribution in [0.3, 0.4) is 0 Å². The first-order chi connectivity index (χ1) is 8.38. The van der Waals surface area contributed by atoms with E-state index in [9.17, 15) is 0 Å². The van der Waals surface area contributed by atoms with Crippen molar-refractivity contribution in [2.24, 2.45) is 11.3 Å². The van der Waals surface area contributed by atoms with Crippen molar-refractivity contribution in [3.8, 4) is 0 Å². The molecule has 1 aliphatic rings. The third kappa shape index (κ3) is 4.45. The fraction of sp³-hybridized carbons (Fsp3) is 1.00. The summed E-state index contributed by atoms with van der Waals surface area (Å²) in [6.45, 7) is 15.4. The zero-order valence-corrected chi connectivity index (χ0v) is 14.1. The fourth-order valence-corrected chi connectivity index (χ4v) is 4.66. The molecule has 1 saturated carbocycles. The van der Waals surface area contributed by atoms with Gasteiger partial charge in [0.25, 0.3) is 0 Å². The third-order valence-corrected chi connectivity index (χ3v) is 6.30. The van der Waals surface area contributed by atoms with E-state index in [0.717, 1.165) is 16.4 Å². The van der Waals surface area contributed by atoms with E-state index in [2.05, 4.69) is 58.6 Å². The van der Waals surface area contributed by atoms with Crippen molar-refractivity contribution in [1.29, 1.82) is 0 Å². The van der Waals surface area contributed by atoms with E-state index < -0.39 is 0 Å². The molecule has 18 heavy (non-hydrogen) atoms. The molecule has 0 bridgehead atoms. The first kappa shape index (κ1) is 16.4. The summed E-state index contributed by atoms with van der Waals surface area (Å²) in [5, 5.41) is 5.41. The van der Waals surface area contributed by atoms with Crippen LogP contribution in [0.15, 0.2) is 0 Å². The molecule has 3 unspecified atom stereocenters. The number of hydrogen-bond donors (Lipinski definition) is 1. The molecule has 0 aliphatic heterocycles. The van der Waals surface area contributed by atoms with Gasteiger partial charge in [-0.25, -0.2) is 0 Å². The van der Waals surface area contributed by atoms with E-state index in [-0.39, 0.29) is 0 Å². The Kier molecular flexibility index (Phi) is 6.54. The highest BCUT2D eigenvalue weighted by molar-refractivity contribution is 8.00. The van der Waals surface area contributed by atoms with Crippen molar-refractivity contribution in [3.63, 3.8) is 0 Å². The first-order valence-corrected chi connectivity index (χ1v) is 8.71. The summed E-state index contributed by atoms with van der Waals surface area (Å²) >= 11 is 2.23. The molecule has 1 nitrogen and oxygen atoms in total. The summed E-state index contributed by atoms with van der Waals surface area (Å²) in [6.07, 6.45) is 5.41. The predicted octanol–water partition coefficient (Wildman–Crippen LogP) is 4.71. The Morgan fingerprint density at radius 1 is 1.28 bits per heavy atom. The summed E-state index contributed by atoms with van der Waals surface area (Å²) in [7, 11) is 0. The second-order valence-electron chi connectivity index (χ2n) is 6.94. The van der Waals surface area contributed by atoms with Crippen LogP contribution in [-0.2, 0) is 0 Å². The lowest BCUT2D eigenvalue weighted by Crippen LogP contribution is -2.52. The van der Waals surface area contributed by atoms with Gasteiger partial charge in [0.1, 0.15) is 0 Å². The number of hydrogen-bond acceptors (Lipinski definition) is 2. The molecule has 1 fully saturated rings. The minimum Gasteiger partial charge on any atom is -0.312 e. The van der Waals surface area contributed by atoms with Gasteiger partial charge in [-0.1, -0.05) is 48.0 Å². The molecule has 108 valence electrons. The highest BCUT2D eigenvalue weighted by Crippen LogP contribution is 2.42. The summed E-state index contributed by atoms with van der Waals surface area (Å²) in [6, 6.07) is 0.692. The van der Waals surface area contributed by atoms with Crippen molar-refractivity contribution in [1.82, 2.24) is 5.32 Å². The minimum absolute atomic E-state index is 0.460. The maximum absolute atomic E-state index is 3.84. The van der Waals surface area contributed by atoms with Gasteiger partial charge in [0.15, 0.2) is 0 Å².